The average molecular weight is 362 g/mol. The van der Waals surface area contributed by atoms with Gasteiger partial charge in [0, 0.05) is 38.1 Å². The Labute approximate surface area is 149 Å². The molecule has 0 aromatic heterocycles. The molecule has 1 aromatic carbocycles. The minimum Gasteiger partial charge on any atom is -0.375 e. The fourth-order valence-electron chi connectivity index (χ4n) is 2.94. The Kier molecular flexibility index (Phi) is 8.29. The van der Waals surface area contributed by atoms with E-state index in [1.54, 1.807) is 0 Å². The summed E-state index contributed by atoms with van der Waals surface area (Å²) in [6.07, 6.45) is 0.737. The number of nitrogens with one attached hydrogen (secondary N) is 1. The Morgan fingerprint density at radius 1 is 1.22 bits per heavy atom. The Morgan fingerprint density at radius 3 is 2.52 bits per heavy atom. The first-order valence-electron chi connectivity index (χ1n) is 7.64. The van der Waals surface area contributed by atoms with Crippen molar-refractivity contribution in [1.82, 2.24) is 10.2 Å². The number of halogens is 2. The van der Waals surface area contributed by atoms with E-state index in [1.165, 1.54) is 5.56 Å². The highest BCUT2D eigenvalue weighted by Crippen LogP contribution is 2.26. The first-order valence-corrected chi connectivity index (χ1v) is 7.64. The van der Waals surface area contributed by atoms with Gasteiger partial charge in [0.25, 0.3) is 0 Å². The van der Waals surface area contributed by atoms with E-state index in [0.717, 1.165) is 19.6 Å². The number of ether oxygens (including phenoxy) is 1. The lowest BCUT2D eigenvalue weighted by molar-refractivity contribution is -0.132. The van der Waals surface area contributed by atoms with Crippen molar-refractivity contribution in [2.24, 2.45) is 5.73 Å². The van der Waals surface area contributed by atoms with Gasteiger partial charge in [-0.05, 0) is 5.56 Å². The molecule has 23 heavy (non-hydrogen) atoms. The van der Waals surface area contributed by atoms with Crippen LogP contribution in [-0.2, 0) is 9.53 Å². The number of hydrogen-bond acceptors (Lipinski definition) is 4. The topological polar surface area (TPSA) is 67.6 Å². The molecular formula is C16H25Cl2N3O2. The van der Waals surface area contributed by atoms with Gasteiger partial charge in [-0.3, -0.25) is 4.79 Å². The molecule has 7 heteroatoms. The molecule has 0 radical (unpaired) electrons. The lowest BCUT2D eigenvalue weighted by atomic mass is 9.95. The van der Waals surface area contributed by atoms with E-state index in [4.69, 9.17) is 10.5 Å². The predicted octanol–water partition coefficient (Wildman–Crippen LogP) is 1.16. The molecule has 5 nitrogen and oxygen atoms in total. The Bertz CT molecular complexity index is 485. The fourth-order valence-corrected chi connectivity index (χ4v) is 2.94. The van der Waals surface area contributed by atoms with Crippen LogP contribution in [0.5, 0.6) is 0 Å². The summed E-state index contributed by atoms with van der Waals surface area (Å²) in [5, 5.41) is 3.15. The molecule has 0 aliphatic carbocycles. The third-order valence-corrected chi connectivity index (χ3v) is 4.36. The van der Waals surface area contributed by atoms with E-state index in [0.29, 0.717) is 19.6 Å². The maximum Gasteiger partial charge on any atom is 0.224 e. The first-order chi connectivity index (χ1) is 10.2. The quantitative estimate of drug-likeness (QED) is 0.825. The summed E-state index contributed by atoms with van der Waals surface area (Å²) in [5.41, 5.74) is 7.43. The van der Waals surface area contributed by atoms with Crippen molar-refractivity contribution in [1.29, 1.82) is 0 Å². The number of nitrogens with zero attached hydrogens (tertiary/aromatic N) is 1. The summed E-state index contributed by atoms with van der Waals surface area (Å²) in [6, 6.07) is 10.2. The van der Waals surface area contributed by atoms with Crippen molar-refractivity contribution in [2.75, 3.05) is 32.8 Å². The molecule has 3 rings (SSSR count). The van der Waals surface area contributed by atoms with Gasteiger partial charge in [-0.25, -0.2) is 0 Å². The van der Waals surface area contributed by atoms with Crippen LogP contribution in [0.3, 0.4) is 0 Å². The highest BCUT2D eigenvalue weighted by atomic mass is 35.5. The van der Waals surface area contributed by atoms with Gasteiger partial charge in [0.1, 0.15) is 0 Å². The average Bonchev–Trinajstić information content (AvgIpc) is 2.84. The van der Waals surface area contributed by atoms with E-state index in [2.05, 4.69) is 17.4 Å². The minimum atomic E-state index is 0. The van der Waals surface area contributed by atoms with Gasteiger partial charge in [-0.1, -0.05) is 30.3 Å². The van der Waals surface area contributed by atoms with Gasteiger partial charge in [0.15, 0.2) is 0 Å². The van der Waals surface area contributed by atoms with E-state index >= 15 is 0 Å². The van der Waals surface area contributed by atoms with Crippen LogP contribution in [0.4, 0.5) is 0 Å². The third kappa shape index (κ3) is 5.06. The molecule has 2 saturated heterocycles. The molecule has 0 unspecified atom stereocenters. The number of nitrogens with two attached hydrogens (primary N) is 1. The minimum absolute atomic E-state index is 0. The molecule has 3 N–H and O–H groups in total. The van der Waals surface area contributed by atoms with Crippen molar-refractivity contribution in [3.63, 3.8) is 0 Å². The number of hydrogen-bond donors (Lipinski definition) is 2. The molecule has 2 heterocycles. The van der Waals surface area contributed by atoms with Gasteiger partial charge in [-0.2, -0.15) is 0 Å². The molecule has 2 fully saturated rings. The molecule has 0 bridgehead atoms. The van der Waals surface area contributed by atoms with Crippen molar-refractivity contribution in [3.8, 4) is 0 Å². The standard InChI is InChI=1S/C16H23N3O2.2ClH/c17-15-11-19(10-14(15)12-4-2-1-3-5-12)16(20)6-7-21-13-8-18-9-13;;/h1-5,13-15,18H,6-11,17H2;2*1H/t14-,15+;;/m0../s1. The Hall–Kier alpha value is -0.850. The molecule has 0 spiro atoms. The number of benzene rings is 1. The molecule has 2 aliphatic heterocycles. The summed E-state index contributed by atoms with van der Waals surface area (Å²) in [7, 11) is 0. The molecule has 2 aliphatic rings. The lowest BCUT2D eigenvalue weighted by Gasteiger charge is -2.27. The SMILES string of the molecule is Cl.Cl.N[C@@H]1CN(C(=O)CCOC2CNC2)C[C@H]1c1ccccc1. The van der Waals surface area contributed by atoms with Crippen molar-refractivity contribution < 1.29 is 9.53 Å². The second-order valence-corrected chi connectivity index (χ2v) is 5.88. The van der Waals surface area contributed by atoms with Crippen LogP contribution >= 0.6 is 24.8 Å². The molecule has 0 saturated carbocycles. The second-order valence-electron chi connectivity index (χ2n) is 5.88. The summed E-state index contributed by atoms with van der Waals surface area (Å²) in [6.45, 7) is 3.67. The van der Waals surface area contributed by atoms with Crippen LogP contribution in [-0.4, -0.2) is 55.7 Å². The monoisotopic (exact) mass is 361 g/mol. The maximum atomic E-state index is 12.2. The zero-order chi connectivity index (χ0) is 14.7. The highest BCUT2D eigenvalue weighted by Gasteiger charge is 2.33. The number of likely N-dealkylation sites (tertiary alicyclic amines) is 1. The summed E-state index contributed by atoms with van der Waals surface area (Å²) in [4.78, 5) is 14.1. The molecule has 2 atom stereocenters. The van der Waals surface area contributed by atoms with E-state index in [-0.39, 0.29) is 48.8 Å². The van der Waals surface area contributed by atoms with Crippen molar-refractivity contribution >= 4 is 30.7 Å². The maximum absolute atomic E-state index is 12.2. The van der Waals surface area contributed by atoms with Gasteiger partial charge in [0.05, 0.1) is 19.1 Å². The number of carbonyl (C=O) groups excluding carboxylic acids is 1. The summed E-state index contributed by atoms with van der Waals surface area (Å²) >= 11 is 0. The second kappa shape index (κ2) is 9.45. The summed E-state index contributed by atoms with van der Waals surface area (Å²) < 4.78 is 5.61. The molecular weight excluding hydrogens is 337 g/mol. The smallest absolute Gasteiger partial charge is 0.224 e. The van der Waals surface area contributed by atoms with E-state index < -0.39 is 0 Å². The van der Waals surface area contributed by atoms with Gasteiger partial charge in [0.2, 0.25) is 5.91 Å². The number of amides is 1. The molecule has 130 valence electrons. The van der Waals surface area contributed by atoms with Crippen molar-refractivity contribution in [2.45, 2.75) is 24.5 Å². The van der Waals surface area contributed by atoms with E-state index in [1.807, 2.05) is 23.1 Å². The van der Waals surface area contributed by atoms with Crippen LogP contribution in [0.2, 0.25) is 0 Å². The zero-order valence-corrected chi connectivity index (χ0v) is 14.7. The predicted molar refractivity (Wildman–Crippen MR) is 95.5 cm³/mol. The summed E-state index contributed by atoms with van der Waals surface area (Å²) in [5.74, 6) is 0.392. The van der Waals surface area contributed by atoms with Gasteiger partial charge >= 0.3 is 0 Å². The Morgan fingerprint density at radius 2 is 1.91 bits per heavy atom. The van der Waals surface area contributed by atoms with Crippen LogP contribution in [0, 0.1) is 0 Å². The molecule has 1 aromatic rings. The van der Waals surface area contributed by atoms with Crippen LogP contribution in [0.15, 0.2) is 30.3 Å². The fraction of sp³-hybridized carbons (Fsp3) is 0.562. The van der Waals surface area contributed by atoms with Gasteiger partial charge in [-0.15, -0.1) is 24.8 Å². The normalized spacial score (nSPS) is 23.6. The highest BCUT2D eigenvalue weighted by molar-refractivity contribution is 5.85. The zero-order valence-electron chi connectivity index (χ0n) is 13.0. The third-order valence-electron chi connectivity index (χ3n) is 4.36. The number of rotatable bonds is 5. The van der Waals surface area contributed by atoms with Crippen molar-refractivity contribution in [3.05, 3.63) is 35.9 Å². The lowest BCUT2D eigenvalue weighted by Crippen LogP contribution is -2.48. The van der Waals surface area contributed by atoms with Crippen LogP contribution in [0.1, 0.15) is 17.9 Å². The van der Waals surface area contributed by atoms with E-state index in [9.17, 15) is 4.79 Å². The molecule has 1 amide bonds. The first kappa shape index (κ1) is 20.2. The van der Waals surface area contributed by atoms with Crippen LogP contribution < -0.4 is 11.1 Å². The largest absolute Gasteiger partial charge is 0.375 e. The Balaban J connectivity index is 0.00000132. The van der Waals surface area contributed by atoms with Gasteiger partial charge < -0.3 is 20.7 Å². The number of carbonyl (C=O) groups is 1. The van der Waals surface area contributed by atoms with Crippen LogP contribution in [0.25, 0.3) is 0 Å².